The molecule has 1 N–H and O–H groups in total. The van der Waals surface area contributed by atoms with Crippen LogP contribution in [0.1, 0.15) is 91.9 Å². The van der Waals surface area contributed by atoms with E-state index >= 15 is 0 Å². The van der Waals surface area contributed by atoms with Gasteiger partial charge in [-0.2, -0.15) is 0 Å². The minimum atomic E-state index is -0.173. The Kier molecular flexibility index (Phi) is 4.79. The minimum Gasteiger partial charge on any atom is -0.462 e. The Morgan fingerprint density at radius 2 is 1.76 bits per heavy atom. The number of allylic oxidation sites excluding steroid dienone is 3. The average Bonchev–Trinajstić information content (AvgIpc) is 3.23. The molecular formula is C29H41NO3. The molecule has 3 saturated carbocycles. The zero-order valence-corrected chi connectivity index (χ0v) is 20.9. The Hall–Kier alpha value is -1.58. The first kappa shape index (κ1) is 21.9. The van der Waals surface area contributed by atoms with Crippen LogP contribution in [0.4, 0.5) is 0 Å². The largest absolute Gasteiger partial charge is 0.462 e. The molecule has 4 nitrogen and oxygen atoms in total. The predicted octanol–water partition coefficient (Wildman–Crippen LogP) is 5.72. The zero-order valence-electron chi connectivity index (χ0n) is 20.9. The number of hydrogen-bond acceptors (Lipinski definition) is 4. The average molecular weight is 452 g/mol. The topological polar surface area (TPSA) is 55.4 Å². The standard InChI is InChI=1S/C29H41NO3/c1-17-23-7-8-25-22-6-5-18-13-19(30-20-14-21(31)16-27(2,3)15-20)9-11-28(18,4)24(22)10-12-29(23,25)26(32)33-17/h5,14,17,19,22-25,30H,6-13,15-16H2,1-4H3. The first-order valence-corrected chi connectivity index (χ1v) is 13.5. The SMILES string of the molecule is CC1OC(=O)C23CCC4C(CC=C5CC(NC6=CC(=O)CC(C)(C)C6)CCC54C)C2CCC13. The lowest BCUT2D eigenvalue weighted by Crippen LogP contribution is -2.53. The molecule has 4 heteroatoms. The van der Waals surface area contributed by atoms with Gasteiger partial charge < -0.3 is 10.1 Å². The van der Waals surface area contributed by atoms with E-state index in [4.69, 9.17) is 4.74 Å². The lowest BCUT2D eigenvalue weighted by molar-refractivity contribution is -0.156. The Labute approximate surface area is 199 Å². The summed E-state index contributed by atoms with van der Waals surface area (Å²) >= 11 is 0. The monoisotopic (exact) mass is 451 g/mol. The third-order valence-corrected chi connectivity index (χ3v) is 11.0. The molecule has 0 bridgehead atoms. The van der Waals surface area contributed by atoms with Crippen molar-refractivity contribution < 1.29 is 14.3 Å². The second-order valence-electron chi connectivity index (χ2n) is 13.4. The summed E-state index contributed by atoms with van der Waals surface area (Å²) in [6.45, 7) is 9.05. The number of hydrogen-bond donors (Lipinski definition) is 1. The van der Waals surface area contributed by atoms with Gasteiger partial charge in [0, 0.05) is 30.2 Å². The molecule has 1 spiro atoms. The Morgan fingerprint density at radius 3 is 2.55 bits per heavy atom. The molecule has 180 valence electrons. The molecule has 4 fully saturated rings. The van der Waals surface area contributed by atoms with Crippen LogP contribution >= 0.6 is 0 Å². The summed E-state index contributed by atoms with van der Waals surface area (Å²) in [5.41, 5.74) is 2.94. The van der Waals surface area contributed by atoms with E-state index < -0.39 is 0 Å². The molecule has 33 heavy (non-hydrogen) atoms. The number of esters is 1. The van der Waals surface area contributed by atoms with Gasteiger partial charge in [-0.1, -0.05) is 32.4 Å². The third kappa shape index (κ3) is 3.14. The molecule has 1 aliphatic heterocycles. The normalized spacial score (nSPS) is 48.0. The van der Waals surface area contributed by atoms with Crippen LogP contribution in [0.25, 0.3) is 0 Å². The Bertz CT molecular complexity index is 947. The molecule has 8 unspecified atom stereocenters. The molecule has 6 aliphatic rings. The fourth-order valence-corrected chi connectivity index (χ4v) is 9.62. The van der Waals surface area contributed by atoms with Crippen LogP contribution in [-0.4, -0.2) is 23.9 Å². The van der Waals surface area contributed by atoms with Gasteiger partial charge in [-0.25, -0.2) is 0 Å². The highest BCUT2D eigenvalue weighted by atomic mass is 16.6. The molecule has 0 amide bonds. The van der Waals surface area contributed by atoms with Crippen molar-refractivity contribution in [1.82, 2.24) is 5.32 Å². The van der Waals surface area contributed by atoms with E-state index in [0.717, 1.165) is 31.4 Å². The second-order valence-corrected chi connectivity index (χ2v) is 13.4. The molecule has 5 aliphatic carbocycles. The number of ketones is 1. The minimum absolute atomic E-state index is 0.0603. The van der Waals surface area contributed by atoms with Crippen molar-refractivity contribution in [3.8, 4) is 0 Å². The summed E-state index contributed by atoms with van der Waals surface area (Å²) in [7, 11) is 0. The molecule has 0 radical (unpaired) electrons. The quantitative estimate of drug-likeness (QED) is 0.431. The molecule has 0 aromatic carbocycles. The summed E-state index contributed by atoms with van der Waals surface area (Å²) < 4.78 is 5.82. The number of carbonyl (C=O) groups excluding carboxylic acids is 2. The van der Waals surface area contributed by atoms with Crippen LogP contribution < -0.4 is 5.32 Å². The van der Waals surface area contributed by atoms with Gasteiger partial charge in [0.25, 0.3) is 0 Å². The Balaban J connectivity index is 1.21. The molecular weight excluding hydrogens is 410 g/mol. The number of nitrogens with one attached hydrogen (secondary N) is 1. The second kappa shape index (κ2) is 7.21. The summed E-state index contributed by atoms with van der Waals surface area (Å²) in [5, 5.41) is 3.78. The number of ether oxygens (including phenoxy) is 1. The van der Waals surface area contributed by atoms with Crippen molar-refractivity contribution in [2.24, 2.45) is 39.9 Å². The highest BCUT2D eigenvalue weighted by Crippen LogP contribution is 2.68. The van der Waals surface area contributed by atoms with Gasteiger partial charge in [0.1, 0.15) is 6.10 Å². The highest BCUT2D eigenvalue weighted by molar-refractivity contribution is 5.91. The van der Waals surface area contributed by atoms with E-state index in [9.17, 15) is 9.59 Å². The van der Waals surface area contributed by atoms with Gasteiger partial charge in [-0.15, -0.1) is 0 Å². The van der Waals surface area contributed by atoms with Crippen molar-refractivity contribution in [1.29, 1.82) is 0 Å². The smallest absolute Gasteiger partial charge is 0.313 e. The fourth-order valence-electron chi connectivity index (χ4n) is 9.62. The van der Waals surface area contributed by atoms with E-state index in [1.165, 1.54) is 32.1 Å². The van der Waals surface area contributed by atoms with Gasteiger partial charge in [0.2, 0.25) is 0 Å². The van der Waals surface area contributed by atoms with Gasteiger partial charge in [-0.3, -0.25) is 9.59 Å². The lowest BCUT2D eigenvalue weighted by atomic mass is 9.47. The maximum atomic E-state index is 13.1. The van der Waals surface area contributed by atoms with Crippen molar-refractivity contribution in [2.75, 3.05) is 0 Å². The van der Waals surface area contributed by atoms with Crippen LogP contribution in [-0.2, 0) is 14.3 Å². The summed E-state index contributed by atoms with van der Waals surface area (Å²) in [6, 6.07) is 0.435. The number of cyclic esters (lactones) is 1. The van der Waals surface area contributed by atoms with Crippen molar-refractivity contribution in [2.45, 2.75) is 104 Å². The van der Waals surface area contributed by atoms with Crippen LogP contribution in [0.2, 0.25) is 0 Å². The summed E-state index contributed by atoms with van der Waals surface area (Å²) in [6.07, 6.45) is 15.4. The van der Waals surface area contributed by atoms with Crippen molar-refractivity contribution in [3.05, 3.63) is 23.4 Å². The fraction of sp³-hybridized carbons (Fsp3) is 0.793. The third-order valence-electron chi connectivity index (χ3n) is 11.0. The maximum absolute atomic E-state index is 13.1. The van der Waals surface area contributed by atoms with Crippen molar-refractivity contribution in [3.63, 3.8) is 0 Å². The highest BCUT2D eigenvalue weighted by Gasteiger charge is 2.68. The summed E-state index contributed by atoms with van der Waals surface area (Å²) in [4.78, 5) is 25.3. The van der Waals surface area contributed by atoms with E-state index in [-0.39, 0.29) is 34.1 Å². The van der Waals surface area contributed by atoms with E-state index in [1.807, 2.05) is 6.08 Å². The molecule has 1 heterocycles. The zero-order chi connectivity index (χ0) is 23.2. The molecule has 0 aromatic heterocycles. The first-order chi connectivity index (χ1) is 15.6. The van der Waals surface area contributed by atoms with Crippen molar-refractivity contribution >= 4 is 11.8 Å². The van der Waals surface area contributed by atoms with E-state index in [2.05, 4.69) is 39.1 Å². The van der Waals surface area contributed by atoms with E-state index in [1.54, 1.807) is 5.57 Å². The van der Waals surface area contributed by atoms with Gasteiger partial charge in [0.05, 0.1) is 5.41 Å². The maximum Gasteiger partial charge on any atom is 0.313 e. The van der Waals surface area contributed by atoms with Gasteiger partial charge in [0.15, 0.2) is 5.78 Å². The molecule has 1 saturated heterocycles. The van der Waals surface area contributed by atoms with Crippen LogP contribution in [0.3, 0.4) is 0 Å². The number of carbonyl (C=O) groups is 2. The van der Waals surface area contributed by atoms with E-state index in [0.29, 0.717) is 36.1 Å². The molecule has 0 aromatic rings. The van der Waals surface area contributed by atoms with Gasteiger partial charge >= 0.3 is 5.97 Å². The summed E-state index contributed by atoms with van der Waals surface area (Å²) in [5.74, 6) is 2.70. The Morgan fingerprint density at radius 1 is 0.970 bits per heavy atom. The number of fused-ring (bicyclic) bond motifs is 4. The van der Waals surface area contributed by atoms with Crippen LogP contribution in [0.5, 0.6) is 0 Å². The molecule has 8 atom stereocenters. The van der Waals surface area contributed by atoms with Crippen LogP contribution in [0.15, 0.2) is 23.4 Å². The predicted molar refractivity (Wildman–Crippen MR) is 128 cm³/mol. The lowest BCUT2D eigenvalue weighted by Gasteiger charge is -2.57. The van der Waals surface area contributed by atoms with Gasteiger partial charge in [-0.05, 0) is 93.3 Å². The first-order valence-electron chi connectivity index (χ1n) is 13.5. The number of rotatable bonds is 2. The van der Waals surface area contributed by atoms with Crippen LogP contribution in [0, 0.1) is 39.9 Å². The molecule has 6 rings (SSSR count).